The number of halogens is 1. The molecular formula is C16H13ClN2O3. The number of ether oxygens (including phenoxy) is 1. The molecule has 0 saturated heterocycles. The van der Waals surface area contributed by atoms with Crippen molar-refractivity contribution < 1.29 is 9.84 Å². The first-order valence-corrected chi connectivity index (χ1v) is 7.12. The number of H-pyrrole nitrogens is 1. The molecule has 112 valence electrons. The maximum absolute atomic E-state index is 12.1. The molecule has 0 amide bonds. The van der Waals surface area contributed by atoms with Crippen LogP contribution < -0.4 is 10.3 Å². The van der Waals surface area contributed by atoms with E-state index >= 15 is 0 Å². The van der Waals surface area contributed by atoms with Gasteiger partial charge in [0, 0.05) is 5.56 Å². The molecule has 1 heterocycles. The fraction of sp³-hybridized carbons (Fsp3) is 0.125. The molecule has 2 N–H and O–H groups in total. The van der Waals surface area contributed by atoms with E-state index < -0.39 is 0 Å². The Labute approximate surface area is 131 Å². The summed E-state index contributed by atoms with van der Waals surface area (Å²) in [4.78, 5) is 19.3. The maximum atomic E-state index is 12.1. The van der Waals surface area contributed by atoms with Gasteiger partial charge in [-0.05, 0) is 31.2 Å². The van der Waals surface area contributed by atoms with Crippen molar-refractivity contribution in [2.75, 3.05) is 6.61 Å². The third-order valence-corrected chi connectivity index (χ3v) is 3.50. The third kappa shape index (κ3) is 2.51. The summed E-state index contributed by atoms with van der Waals surface area (Å²) < 4.78 is 5.34. The Bertz CT molecular complexity index is 906. The normalized spacial score (nSPS) is 10.8. The van der Waals surface area contributed by atoms with Crippen LogP contribution in [0.2, 0.25) is 5.02 Å². The highest BCUT2D eigenvalue weighted by atomic mass is 35.5. The summed E-state index contributed by atoms with van der Waals surface area (Å²) in [5.74, 6) is 0.489. The Morgan fingerprint density at radius 3 is 2.86 bits per heavy atom. The Morgan fingerprint density at radius 1 is 1.32 bits per heavy atom. The Kier molecular flexibility index (Phi) is 3.73. The highest BCUT2D eigenvalue weighted by molar-refractivity contribution is 6.32. The molecule has 6 heteroatoms. The van der Waals surface area contributed by atoms with Crippen molar-refractivity contribution in [3.05, 3.63) is 51.8 Å². The van der Waals surface area contributed by atoms with Crippen LogP contribution in [0.15, 0.2) is 41.2 Å². The van der Waals surface area contributed by atoms with Crippen LogP contribution in [0.5, 0.6) is 11.5 Å². The number of hydrogen-bond donors (Lipinski definition) is 2. The summed E-state index contributed by atoms with van der Waals surface area (Å²) >= 11 is 6.01. The zero-order valence-corrected chi connectivity index (χ0v) is 12.5. The number of para-hydroxylation sites is 1. The highest BCUT2D eigenvalue weighted by Crippen LogP contribution is 2.37. The molecule has 0 radical (unpaired) electrons. The fourth-order valence-electron chi connectivity index (χ4n) is 2.20. The van der Waals surface area contributed by atoms with Crippen molar-refractivity contribution in [1.29, 1.82) is 0 Å². The summed E-state index contributed by atoms with van der Waals surface area (Å²) in [5, 5.41) is 10.5. The Hall–Kier alpha value is -2.53. The lowest BCUT2D eigenvalue weighted by Crippen LogP contribution is -2.09. The molecule has 5 nitrogen and oxygen atoms in total. The molecule has 1 aromatic heterocycles. The van der Waals surface area contributed by atoms with E-state index in [1.165, 1.54) is 6.07 Å². The lowest BCUT2D eigenvalue weighted by molar-refractivity contribution is 0.318. The van der Waals surface area contributed by atoms with Crippen LogP contribution in [0.3, 0.4) is 0 Å². The summed E-state index contributed by atoms with van der Waals surface area (Å²) in [5.41, 5.74) is 0.917. The van der Waals surface area contributed by atoms with E-state index in [9.17, 15) is 9.90 Å². The van der Waals surface area contributed by atoms with E-state index in [-0.39, 0.29) is 22.1 Å². The predicted octanol–water partition coefficient (Wildman–Crippen LogP) is 3.35. The number of rotatable bonds is 3. The number of phenols is 1. The minimum absolute atomic E-state index is 0.129. The summed E-state index contributed by atoms with van der Waals surface area (Å²) in [6, 6.07) is 10.2. The van der Waals surface area contributed by atoms with E-state index in [2.05, 4.69) is 9.97 Å². The minimum atomic E-state index is -0.234. The van der Waals surface area contributed by atoms with Gasteiger partial charge < -0.3 is 14.8 Å². The number of benzene rings is 2. The topological polar surface area (TPSA) is 75.2 Å². The third-order valence-electron chi connectivity index (χ3n) is 3.21. The number of hydrogen-bond acceptors (Lipinski definition) is 4. The number of nitrogens with one attached hydrogen (secondary N) is 1. The molecule has 0 unspecified atom stereocenters. The number of aromatic amines is 1. The average Bonchev–Trinajstić information content (AvgIpc) is 2.52. The molecule has 0 bridgehead atoms. The van der Waals surface area contributed by atoms with Crippen molar-refractivity contribution in [2.45, 2.75) is 6.92 Å². The molecule has 0 saturated carbocycles. The maximum Gasteiger partial charge on any atom is 0.259 e. The summed E-state index contributed by atoms with van der Waals surface area (Å²) in [6.07, 6.45) is 0. The van der Waals surface area contributed by atoms with E-state index in [1.54, 1.807) is 31.2 Å². The smallest absolute Gasteiger partial charge is 0.259 e. The van der Waals surface area contributed by atoms with E-state index in [4.69, 9.17) is 16.3 Å². The Balaban J connectivity index is 2.21. The van der Waals surface area contributed by atoms with Gasteiger partial charge in [-0.1, -0.05) is 23.7 Å². The van der Waals surface area contributed by atoms with Crippen molar-refractivity contribution in [1.82, 2.24) is 9.97 Å². The zero-order chi connectivity index (χ0) is 15.7. The molecule has 0 spiro atoms. The molecule has 0 fully saturated rings. The molecule has 0 aliphatic carbocycles. The number of nitrogens with zero attached hydrogens (tertiary/aromatic N) is 1. The molecular weight excluding hydrogens is 304 g/mol. The largest absolute Gasteiger partial charge is 0.503 e. The summed E-state index contributed by atoms with van der Waals surface area (Å²) in [7, 11) is 0. The van der Waals surface area contributed by atoms with Gasteiger partial charge in [0.25, 0.3) is 5.56 Å². The van der Waals surface area contributed by atoms with Gasteiger partial charge in [-0.2, -0.15) is 0 Å². The highest BCUT2D eigenvalue weighted by Gasteiger charge is 2.13. The van der Waals surface area contributed by atoms with E-state index in [0.29, 0.717) is 28.9 Å². The second-order valence-corrected chi connectivity index (χ2v) is 5.08. The van der Waals surface area contributed by atoms with Crippen LogP contribution in [0.4, 0.5) is 0 Å². The lowest BCUT2D eigenvalue weighted by atomic mass is 10.1. The van der Waals surface area contributed by atoms with Gasteiger partial charge in [-0.3, -0.25) is 4.79 Å². The predicted molar refractivity (Wildman–Crippen MR) is 85.6 cm³/mol. The molecule has 3 aromatic rings. The minimum Gasteiger partial charge on any atom is -0.503 e. The summed E-state index contributed by atoms with van der Waals surface area (Å²) in [6.45, 7) is 2.19. The van der Waals surface area contributed by atoms with Crippen molar-refractivity contribution in [3.63, 3.8) is 0 Å². The number of phenolic OH excluding ortho intramolecular Hbond substituents is 1. The van der Waals surface area contributed by atoms with Crippen molar-refractivity contribution in [2.24, 2.45) is 0 Å². The Morgan fingerprint density at radius 2 is 2.09 bits per heavy atom. The van der Waals surface area contributed by atoms with Crippen molar-refractivity contribution >= 4 is 22.5 Å². The molecule has 0 aliphatic rings. The average molecular weight is 317 g/mol. The first kappa shape index (κ1) is 14.4. The molecule has 2 aromatic carbocycles. The number of aromatic hydroxyl groups is 1. The number of aromatic nitrogens is 2. The van der Waals surface area contributed by atoms with Gasteiger partial charge in [0.1, 0.15) is 5.82 Å². The van der Waals surface area contributed by atoms with Gasteiger partial charge in [0.05, 0.1) is 22.5 Å². The van der Waals surface area contributed by atoms with Crippen molar-refractivity contribution in [3.8, 4) is 22.9 Å². The van der Waals surface area contributed by atoms with Gasteiger partial charge in [0.2, 0.25) is 0 Å². The molecule has 0 aliphatic heterocycles. The van der Waals surface area contributed by atoms with Gasteiger partial charge in [0.15, 0.2) is 11.5 Å². The van der Waals surface area contributed by atoms with E-state index in [1.807, 2.05) is 6.07 Å². The fourth-order valence-corrected chi connectivity index (χ4v) is 2.41. The molecule has 0 atom stereocenters. The first-order valence-electron chi connectivity index (χ1n) is 6.75. The van der Waals surface area contributed by atoms with Gasteiger partial charge in [-0.25, -0.2) is 4.98 Å². The second kappa shape index (κ2) is 5.69. The van der Waals surface area contributed by atoms with Gasteiger partial charge in [-0.15, -0.1) is 0 Å². The molecule has 3 rings (SSSR count). The van der Waals surface area contributed by atoms with Gasteiger partial charge >= 0.3 is 0 Å². The SMILES string of the molecule is CCOc1cc(-c2nc3ccccc3c(=O)[nH]2)cc(Cl)c1O. The van der Waals surface area contributed by atoms with Crippen LogP contribution in [-0.4, -0.2) is 21.7 Å². The molecule has 22 heavy (non-hydrogen) atoms. The zero-order valence-electron chi connectivity index (χ0n) is 11.8. The lowest BCUT2D eigenvalue weighted by Gasteiger charge is -2.10. The monoisotopic (exact) mass is 316 g/mol. The van der Waals surface area contributed by atoms with Crippen LogP contribution in [0.25, 0.3) is 22.3 Å². The number of fused-ring (bicyclic) bond motifs is 1. The van der Waals surface area contributed by atoms with Crippen LogP contribution in [0, 0.1) is 0 Å². The standard InChI is InChI=1S/C16H13ClN2O3/c1-2-22-13-8-9(7-11(17)14(13)20)15-18-12-6-4-3-5-10(12)16(21)19-15/h3-8,20H,2H2,1H3,(H,18,19,21). The van der Waals surface area contributed by atoms with E-state index in [0.717, 1.165) is 0 Å². The van der Waals surface area contributed by atoms with Crippen LogP contribution >= 0.6 is 11.6 Å². The second-order valence-electron chi connectivity index (χ2n) is 4.67. The quantitative estimate of drug-likeness (QED) is 0.777. The first-order chi connectivity index (χ1) is 10.6. The van der Waals surface area contributed by atoms with Crippen LogP contribution in [0.1, 0.15) is 6.92 Å². The van der Waals surface area contributed by atoms with Crippen LogP contribution in [-0.2, 0) is 0 Å².